The first-order chi connectivity index (χ1) is 19.8. The number of hydrogen-bond acceptors (Lipinski definition) is 0. The predicted octanol–water partition coefficient (Wildman–Crippen LogP) is 10.1. The van der Waals surface area contributed by atoms with E-state index in [9.17, 15) is 0 Å². The number of benzene rings is 6. The fraction of sp³-hybridized carbons (Fsp3) is 0. The molecule has 6 aromatic carbocycles. The molecule has 0 saturated heterocycles. The van der Waals surface area contributed by atoms with Crippen LogP contribution in [0.2, 0.25) is 0 Å². The second kappa shape index (κ2) is 8.73. The highest BCUT2D eigenvalue weighted by molar-refractivity contribution is 6.13. The molecule has 0 aliphatic heterocycles. The highest BCUT2D eigenvalue weighted by Gasteiger charge is 2.18. The van der Waals surface area contributed by atoms with Gasteiger partial charge in [0.25, 0.3) is 0 Å². The maximum atomic E-state index is 7.87. The summed E-state index contributed by atoms with van der Waals surface area (Å²) >= 11 is 0. The standard InChI is InChI=1S/C37H23N3/c1-38-32-15-7-10-18-36(32)40-35-22-20-27(39-33-16-8-5-13-28(33)29-14-6-9-17-34(29)39)24-31(35)30-21-19-26(23-37(30)40)25-11-3-2-4-12-25/h2-24H. The minimum Gasteiger partial charge on any atom is -0.319 e. The van der Waals surface area contributed by atoms with Crippen LogP contribution in [-0.4, -0.2) is 9.13 Å². The number of rotatable bonds is 3. The van der Waals surface area contributed by atoms with Crippen molar-refractivity contribution < 1.29 is 0 Å². The van der Waals surface area contributed by atoms with E-state index in [4.69, 9.17) is 6.57 Å². The van der Waals surface area contributed by atoms with Gasteiger partial charge in [-0.1, -0.05) is 97.1 Å². The normalized spacial score (nSPS) is 11.5. The van der Waals surface area contributed by atoms with Gasteiger partial charge in [-0.25, -0.2) is 4.85 Å². The smallest absolute Gasteiger partial charge is 0.210 e. The van der Waals surface area contributed by atoms with Gasteiger partial charge in [0.2, 0.25) is 5.69 Å². The highest BCUT2D eigenvalue weighted by atomic mass is 15.0. The van der Waals surface area contributed by atoms with Crippen molar-refractivity contribution in [1.82, 2.24) is 9.13 Å². The average molecular weight is 510 g/mol. The molecule has 0 amide bonds. The molecule has 0 spiro atoms. The van der Waals surface area contributed by atoms with Crippen LogP contribution in [-0.2, 0) is 0 Å². The van der Waals surface area contributed by atoms with E-state index >= 15 is 0 Å². The topological polar surface area (TPSA) is 14.2 Å². The predicted molar refractivity (Wildman–Crippen MR) is 167 cm³/mol. The molecule has 0 aliphatic rings. The van der Waals surface area contributed by atoms with Gasteiger partial charge in [0.05, 0.1) is 34.3 Å². The summed E-state index contributed by atoms with van der Waals surface area (Å²) in [4.78, 5) is 3.87. The first-order valence-corrected chi connectivity index (χ1v) is 13.4. The molecule has 3 heteroatoms. The van der Waals surface area contributed by atoms with Crippen LogP contribution in [0, 0.1) is 6.57 Å². The molecular weight excluding hydrogens is 486 g/mol. The quantitative estimate of drug-likeness (QED) is 0.210. The minimum atomic E-state index is 0.637. The molecule has 8 aromatic rings. The molecule has 0 radical (unpaired) electrons. The Morgan fingerprint density at radius 3 is 1.80 bits per heavy atom. The van der Waals surface area contributed by atoms with Crippen molar-refractivity contribution in [3.05, 3.63) is 151 Å². The molecule has 0 aliphatic carbocycles. The van der Waals surface area contributed by atoms with Gasteiger partial charge in [-0.15, -0.1) is 0 Å². The third-order valence-electron chi connectivity index (χ3n) is 7.94. The lowest BCUT2D eigenvalue weighted by molar-refractivity contribution is 1.17. The molecule has 0 bridgehead atoms. The SMILES string of the molecule is [C-]#[N+]c1ccccc1-n1c2ccc(-n3c4ccccc4c4ccccc43)cc2c2ccc(-c3ccccc3)cc21. The fourth-order valence-corrected chi connectivity index (χ4v) is 6.17. The zero-order valence-electron chi connectivity index (χ0n) is 21.6. The first kappa shape index (κ1) is 22.4. The average Bonchev–Trinajstić information content (AvgIpc) is 3.53. The molecule has 0 unspecified atom stereocenters. The molecule has 0 saturated carbocycles. The van der Waals surface area contributed by atoms with Crippen molar-refractivity contribution in [3.8, 4) is 22.5 Å². The third-order valence-corrected chi connectivity index (χ3v) is 7.94. The van der Waals surface area contributed by atoms with E-state index in [-0.39, 0.29) is 0 Å². The summed E-state index contributed by atoms with van der Waals surface area (Å²) in [6.45, 7) is 7.87. The van der Waals surface area contributed by atoms with E-state index in [2.05, 4.69) is 123 Å². The van der Waals surface area contributed by atoms with Crippen LogP contribution >= 0.6 is 0 Å². The van der Waals surface area contributed by atoms with Crippen LogP contribution in [0.4, 0.5) is 5.69 Å². The summed E-state index contributed by atoms with van der Waals surface area (Å²) in [5.41, 5.74) is 9.53. The zero-order valence-corrected chi connectivity index (χ0v) is 21.6. The Morgan fingerprint density at radius 1 is 0.425 bits per heavy atom. The molecular formula is C37H23N3. The van der Waals surface area contributed by atoms with Gasteiger partial charge >= 0.3 is 0 Å². The van der Waals surface area contributed by atoms with Gasteiger partial charge < -0.3 is 9.13 Å². The largest absolute Gasteiger partial charge is 0.319 e. The Morgan fingerprint density at radius 2 is 1.05 bits per heavy atom. The lowest BCUT2D eigenvalue weighted by atomic mass is 10.0. The number of para-hydroxylation sites is 4. The molecule has 40 heavy (non-hydrogen) atoms. The third kappa shape index (κ3) is 3.24. The van der Waals surface area contributed by atoms with Gasteiger partial charge in [0.1, 0.15) is 0 Å². The van der Waals surface area contributed by atoms with E-state index in [1.165, 1.54) is 27.4 Å². The maximum absolute atomic E-state index is 7.87. The summed E-state index contributed by atoms with van der Waals surface area (Å²) < 4.78 is 4.61. The molecule has 0 atom stereocenters. The number of nitrogens with zero attached hydrogens (tertiary/aromatic N) is 3. The molecule has 2 heterocycles. The van der Waals surface area contributed by atoms with E-state index in [0.717, 1.165) is 38.7 Å². The van der Waals surface area contributed by atoms with Crippen LogP contribution < -0.4 is 0 Å². The van der Waals surface area contributed by atoms with Crippen LogP contribution in [0.1, 0.15) is 0 Å². The van der Waals surface area contributed by atoms with Crippen molar-refractivity contribution in [3.63, 3.8) is 0 Å². The molecule has 186 valence electrons. The summed E-state index contributed by atoms with van der Waals surface area (Å²) in [6, 6.07) is 49.0. The van der Waals surface area contributed by atoms with Crippen molar-refractivity contribution in [2.24, 2.45) is 0 Å². The van der Waals surface area contributed by atoms with E-state index < -0.39 is 0 Å². The van der Waals surface area contributed by atoms with Crippen molar-refractivity contribution in [1.29, 1.82) is 0 Å². The first-order valence-electron chi connectivity index (χ1n) is 13.4. The van der Waals surface area contributed by atoms with E-state index in [1.807, 2.05) is 30.3 Å². The van der Waals surface area contributed by atoms with Gasteiger partial charge in [-0.05, 0) is 53.6 Å². The Kier molecular flexibility index (Phi) is 4.89. The Bertz CT molecular complexity index is 2220. The summed E-state index contributed by atoms with van der Waals surface area (Å²) in [5.74, 6) is 0. The summed E-state index contributed by atoms with van der Waals surface area (Å²) in [6.07, 6.45) is 0. The van der Waals surface area contributed by atoms with Crippen LogP contribution in [0.15, 0.2) is 140 Å². The van der Waals surface area contributed by atoms with Crippen molar-refractivity contribution >= 4 is 49.3 Å². The molecule has 2 aromatic heterocycles. The molecule has 8 rings (SSSR count). The Labute approximate surface area is 231 Å². The lowest BCUT2D eigenvalue weighted by Crippen LogP contribution is -1.96. The van der Waals surface area contributed by atoms with E-state index in [0.29, 0.717) is 5.69 Å². The van der Waals surface area contributed by atoms with Gasteiger partial charge in [-0.3, -0.25) is 0 Å². The minimum absolute atomic E-state index is 0.637. The Balaban J connectivity index is 1.47. The summed E-state index contributed by atoms with van der Waals surface area (Å²) in [7, 11) is 0. The summed E-state index contributed by atoms with van der Waals surface area (Å²) in [5, 5.41) is 4.82. The second-order valence-corrected chi connectivity index (χ2v) is 10.1. The monoisotopic (exact) mass is 509 g/mol. The Hall–Kier alpha value is -5.59. The van der Waals surface area contributed by atoms with Gasteiger partial charge in [-0.2, -0.15) is 0 Å². The second-order valence-electron chi connectivity index (χ2n) is 10.1. The van der Waals surface area contributed by atoms with Crippen molar-refractivity contribution in [2.75, 3.05) is 0 Å². The van der Waals surface area contributed by atoms with Crippen molar-refractivity contribution in [2.45, 2.75) is 0 Å². The maximum Gasteiger partial charge on any atom is 0.210 e. The van der Waals surface area contributed by atoms with Crippen LogP contribution in [0.5, 0.6) is 0 Å². The molecule has 3 nitrogen and oxygen atoms in total. The molecule has 0 N–H and O–H groups in total. The van der Waals surface area contributed by atoms with Gasteiger partial charge in [0.15, 0.2) is 0 Å². The molecule has 0 fully saturated rings. The number of fused-ring (bicyclic) bond motifs is 6. The zero-order chi connectivity index (χ0) is 26.6. The van der Waals surface area contributed by atoms with Crippen LogP contribution in [0.25, 0.3) is 71.0 Å². The number of aromatic nitrogens is 2. The highest BCUT2D eigenvalue weighted by Crippen LogP contribution is 2.39. The van der Waals surface area contributed by atoms with Gasteiger partial charge in [0, 0.05) is 27.2 Å². The lowest BCUT2D eigenvalue weighted by Gasteiger charge is -2.12. The van der Waals surface area contributed by atoms with Crippen LogP contribution in [0.3, 0.4) is 0 Å². The fourth-order valence-electron chi connectivity index (χ4n) is 6.17. The van der Waals surface area contributed by atoms with E-state index in [1.54, 1.807) is 0 Å². The number of hydrogen-bond donors (Lipinski definition) is 0.